The van der Waals surface area contributed by atoms with Crippen LogP contribution in [0.25, 0.3) is 0 Å². The van der Waals surface area contributed by atoms with Crippen molar-refractivity contribution in [2.24, 2.45) is 5.92 Å². The van der Waals surface area contributed by atoms with Gasteiger partial charge in [0.05, 0.1) is 6.61 Å². The van der Waals surface area contributed by atoms with Crippen molar-refractivity contribution in [2.45, 2.75) is 110 Å². The molecule has 4 heteroatoms. The van der Waals surface area contributed by atoms with E-state index in [1.807, 2.05) is 0 Å². The molecule has 2 aliphatic rings. The van der Waals surface area contributed by atoms with E-state index in [2.05, 4.69) is 72.8 Å². The Bertz CT molecular complexity index is 817. The molecule has 0 unspecified atom stereocenters. The van der Waals surface area contributed by atoms with Crippen LogP contribution in [0.4, 0.5) is 0 Å². The van der Waals surface area contributed by atoms with Crippen LogP contribution < -0.4 is 9.16 Å². The fourth-order valence-electron chi connectivity index (χ4n) is 4.83. The highest BCUT2D eigenvalue weighted by Gasteiger charge is 2.47. The van der Waals surface area contributed by atoms with Crippen LogP contribution in [-0.4, -0.2) is 25.6 Å². The summed E-state index contributed by atoms with van der Waals surface area (Å²) in [6.45, 7) is 18.4. The first-order valence-electron chi connectivity index (χ1n) is 12.2. The second-order valence-electron chi connectivity index (χ2n) is 11.7. The molecule has 1 heterocycles. The minimum absolute atomic E-state index is 0.130. The third-order valence-electron chi connectivity index (χ3n) is 7.83. The molecular formula is C27H44O3Si. The van der Waals surface area contributed by atoms with Gasteiger partial charge >= 0.3 is 0 Å². The van der Waals surface area contributed by atoms with Crippen molar-refractivity contribution >= 4 is 8.32 Å². The van der Waals surface area contributed by atoms with Gasteiger partial charge in [0.25, 0.3) is 0 Å². The van der Waals surface area contributed by atoms with Gasteiger partial charge in [-0.05, 0) is 80.9 Å². The quantitative estimate of drug-likeness (QED) is 0.271. The Labute approximate surface area is 191 Å². The molecule has 1 aliphatic heterocycles. The van der Waals surface area contributed by atoms with Crippen molar-refractivity contribution in [1.29, 1.82) is 0 Å². The van der Waals surface area contributed by atoms with Gasteiger partial charge in [0.15, 0.2) is 0 Å². The molecule has 0 spiro atoms. The first kappa shape index (κ1) is 24.4. The van der Waals surface area contributed by atoms with Crippen LogP contribution in [0.1, 0.15) is 90.7 Å². The maximum Gasteiger partial charge on any atom is 0.250 e. The van der Waals surface area contributed by atoms with Crippen LogP contribution >= 0.6 is 0 Å². The predicted octanol–water partition coefficient (Wildman–Crippen LogP) is 7.39. The lowest BCUT2D eigenvalue weighted by molar-refractivity contribution is 0.0103. The Hall–Kier alpha value is -1.26. The Morgan fingerprint density at radius 2 is 1.90 bits per heavy atom. The van der Waals surface area contributed by atoms with Gasteiger partial charge in [-0.3, -0.25) is 0 Å². The standard InChI is InChI=1S/C27H44O3Si/c1-9-10-11-12-19-16-23-25(24(17-19)30-31(7,8)26(2,3)4)21-15-20(18-28)13-14-22(21)27(5,6)29-23/h15-17,21-22,28H,9-14,18H2,1-8H3/t21-,22-/m1/s1. The zero-order valence-corrected chi connectivity index (χ0v) is 22.1. The van der Waals surface area contributed by atoms with E-state index in [9.17, 15) is 5.11 Å². The van der Waals surface area contributed by atoms with Crippen molar-refractivity contribution in [3.8, 4) is 11.5 Å². The molecule has 1 aromatic rings. The molecule has 1 aliphatic carbocycles. The van der Waals surface area contributed by atoms with E-state index in [-0.39, 0.29) is 23.2 Å². The molecule has 0 aromatic heterocycles. The summed E-state index contributed by atoms with van der Waals surface area (Å²) in [5.74, 6) is 2.64. The van der Waals surface area contributed by atoms with Crippen molar-refractivity contribution < 1.29 is 14.3 Å². The maximum atomic E-state index is 9.86. The highest BCUT2D eigenvalue weighted by molar-refractivity contribution is 6.74. The van der Waals surface area contributed by atoms with Crippen molar-refractivity contribution in [1.82, 2.24) is 0 Å². The minimum atomic E-state index is -2.01. The first-order chi connectivity index (χ1) is 14.4. The average molecular weight is 445 g/mol. The fraction of sp³-hybridized carbons (Fsp3) is 0.704. The molecule has 0 saturated heterocycles. The summed E-state index contributed by atoms with van der Waals surface area (Å²) >= 11 is 0. The average Bonchev–Trinajstić information content (AvgIpc) is 2.65. The number of aryl methyl sites for hydroxylation is 1. The number of unbranched alkanes of at least 4 members (excludes halogenated alkanes) is 2. The monoisotopic (exact) mass is 444 g/mol. The van der Waals surface area contributed by atoms with Crippen LogP contribution in [0.2, 0.25) is 18.1 Å². The van der Waals surface area contributed by atoms with E-state index >= 15 is 0 Å². The molecule has 0 amide bonds. The number of allylic oxidation sites excluding steroid dienone is 1. The lowest BCUT2D eigenvalue weighted by Gasteiger charge is -2.47. The van der Waals surface area contributed by atoms with Crippen molar-refractivity contribution in [2.75, 3.05) is 6.61 Å². The topological polar surface area (TPSA) is 38.7 Å². The molecule has 0 saturated carbocycles. The van der Waals surface area contributed by atoms with E-state index in [4.69, 9.17) is 9.16 Å². The largest absolute Gasteiger partial charge is 0.543 e. The summed E-state index contributed by atoms with van der Waals surface area (Å²) in [6, 6.07) is 4.57. The number of aliphatic hydroxyl groups is 1. The molecule has 174 valence electrons. The molecule has 1 aromatic carbocycles. The van der Waals surface area contributed by atoms with E-state index in [0.717, 1.165) is 36.3 Å². The number of aliphatic hydroxyl groups excluding tert-OH is 1. The van der Waals surface area contributed by atoms with Crippen LogP contribution in [0.3, 0.4) is 0 Å². The highest BCUT2D eigenvalue weighted by Crippen LogP contribution is 2.54. The molecule has 0 fully saturated rings. The van der Waals surface area contributed by atoms with Crippen LogP contribution in [0, 0.1) is 5.92 Å². The first-order valence-corrected chi connectivity index (χ1v) is 15.2. The SMILES string of the molecule is CCCCCc1cc2c(c(O[Si](C)(C)C(C)(C)C)c1)[C@@H]1C=C(CO)CC[C@H]1C(C)(C)O2. The van der Waals surface area contributed by atoms with Gasteiger partial charge in [0.1, 0.15) is 17.1 Å². The Morgan fingerprint density at radius 1 is 1.19 bits per heavy atom. The summed E-state index contributed by atoms with van der Waals surface area (Å²) < 4.78 is 13.7. The van der Waals surface area contributed by atoms with Gasteiger partial charge in [0, 0.05) is 17.4 Å². The summed E-state index contributed by atoms with van der Waals surface area (Å²) in [6.07, 6.45) is 9.03. The molecule has 3 nitrogen and oxygen atoms in total. The molecule has 1 N–H and O–H groups in total. The summed E-state index contributed by atoms with van der Waals surface area (Å²) in [4.78, 5) is 0. The molecule has 2 atom stereocenters. The summed E-state index contributed by atoms with van der Waals surface area (Å²) in [7, 11) is -2.01. The Kier molecular flexibility index (Phi) is 7.03. The van der Waals surface area contributed by atoms with Gasteiger partial charge in [-0.25, -0.2) is 0 Å². The number of hydrogen-bond acceptors (Lipinski definition) is 3. The molecule has 0 radical (unpaired) electrons. The van der Waals surface area contributed by atoms with Crippen molar-refractivity contribution in [3.63, 3.8) is 0 Å². The second-order valence-corrected chi connectivity index (χ2v) is 16.4. The van der Waals surface area contributed by atoms with Gasteiger partial charge in [-0.2, -0.15) is 0 Å². The third kappa shape index (κ3) is 5.06. The summed E-state index contributed by atoms with van der Waals surface area (Å²) in [5, 5.41) is 9.99. The van der Waals surface area contributed by atoms with Crippen LogP contribution in [0.5, 0.6) is 11.5 Å². The summed E-state index contributed by atoms with van der Waals surface area (Å²) in [5.41, 5.74) is 3.44. The number of ether oxygens (including phenoxy) is 1. The van der Waals surface area contributed by atoms with E-state index in [1.165, 1.54) is 30.4 Å². The fourth-order valence-corrected chi connectivity index (χ4v) is 5.86. The zero-order valence-electron chi connectivity index (χ0n) is 21.1. The normalized spacial score (nSPS) is 22.8. The van der Waals surface area contributed by atoms with E-state index in [1.54, 1.807) is 0 Å². The lowest BCUT2D eigenvalue weighted by atomic mass is 9.68. The highest BCUT2D eigenvalue weighted by atomic mass is 28.4. The molecule has 31 heavy (non-hydrogen) atoms. The molecule has 3 rings (SSSR count). The third-order valence-corrected chi connectivity index (χ3v) is 12.2. The molecule has 0 bridgehead atoms. The number of fused-ring (bicyclic) bond motifs is 3. The van der Waals surface area contributed by atoms with Crippen molar-refractivity contribution in [3.05, 3.63) is 34.9 Å². The lowest BCUT2D eigenvalue weighted by Crippen LogP contribution is -2.47. The van der Waals surface area contributed by atoms with Gasteiger partial charge < -0.3 is 14.3 Å². The van der Waals surface area contributed by atoms with Gasteiger partial charge in [-0.15, -0.1) is 0 Å². The predicted molar refractivity (Wildman–Crippen MR) is 133 cm³/mol. The van der Waals surface area contributed by atoms with E-state index in [0.29, 0.717) is 5.92 Å². The number of benzene rings is 1. The Balaban J connectivity index is 2.13. The smallest absolute Gasteiger partial charge is 0.250 e. The minimum Gasteiger partial charge on any atom is -0.543 e. The second kappa shape index (κ2) is 8.94. The molecular weight excluding hydrogens is 400 g/mol. The van der Waals surface area contributed by atoms with Gasteiger partial charge in [-0.1, -0.05) is 46.6 Å². The van der Waals surface area contributed by atoms with Crippen LogP contribution in [-0.2, 0) is 6.42 Å². The maximum absolute atomic E-state index is 9.86. The number of hydrogen-bond donors (Lipinski definition) is 1. The zero-order chi connectivity index (χ0) is 23.0. The Morgan fingerprint density at radius 3 is 2.52 bits per heavy atom. The number of rotatable bonds is 7. The van der Waals surface area contributed by atoms with E-state index < -0.39 is 8.32 Å². The van der Waals surface area contributed by atoms with Crippen LogP contribution in [0.15, 0.2) is 23.8 Å². The van der Waals surface area contributed by atoms with Gasteiger partial charge in [0.2, 0.25) is 8.32 Å².